The number of piperidine rings is 1. The van der Waals surface area contributed by atoms with Gasteiger partial charge in [-0.05, 0) is 51.4 Å². The smallest absolute Gasteiger partial charge is 0.324 e. The van der Waals surface area contributed by atoms with Crippen LogP contribution in [0, 0.1) is 0 Å². The average molecular weight is 469 g/mol. The molecule has 4 rings (SSSR count). The number of carbonyl (C=O) groups is 2. The van der Waals surface area contributed by atoms with Crippen LogP contribution in [0.25, 0.3) is 10.2 Å². The van der Waals surface area contributed by atoms with Gasteiger partial charge in [0.1, 0.15) is 17.2 Å². The number of thiazole rings is 1. The lowest BCUT2D eigenvalue weighted by Gasteiger charge is -2.33. The number of aromatic nitrogens is 2. The van der Waals surface area contributed by atoms with Crippen LogP contribution in [-0.2, 0) is 0 Å². The number of hydrogen-bond acceptors (Lipinski definition) is 7. The molecule has 174 valence electrons. The van der Waals surface area contributed by atoms with Gasteiger partial charge in [-0.25, -0.2) is 9.78 Å². The summed E-state index contributed by atoms with van der Waals surface area (Å²) in [6, 6.07) is 8.84. The third-order valence-electron chi connectivity index (χ3n) is 5.25. The Morgan fingerprint density at radius 1 is 1.24 bits per heavy atom. The molecular formula is C23H28N6O3S. The van der Waals surface area contributed by atoms with Gasteiger partial charge in [-0.2, -0.15) is 0 Å². The van der Waals surface area contributed by atoms with Crippen molar-refractivity contribution in [3.05, 3.63) is 42.2 Å². The molecule has 0 bridgehead atoms. The lowest BCUT2D eigenvalue weighted by Crippen LogP contribution is -2.53. The summed E-state index contributed by atoms with van der Waals surface area (Å²) in [5.41, 5.74) is 1.08. The highest BCUT2D eigenvalue weighted by Crippen LogP contribution is 2.34. The number of nitrogens with zero attached hydrogens (tertiary/aromatic N) is 3. The molecule has 1 saturated heterocycles. The third kappa shape index (κ3) is 5.40. The summed E-state index contributed by atoms with van der Waals surface area (Å²) in [4.78, 5) is 35.5. The van der Waals surface area contributed by atoms with Crippen LogP contribution in [-0.4, -0.2) is 54.1 Å². The highest BCUT2D eigenvalue weighted by atomic mass is 32.1. The Morgan fingerprint density at radius 2 is 2.06 bits per heavy atom. The lowest BCUT2D eigenvalue weighted by atomic mass is 10.1. The summed E-state index contributed by atoms with van der Waals surface area (Å²) in [5, 5.41) is 9.61. The van der Waals surface area contributed by atoms with Crippen LogP contribution >= 0.6 is 11.3 Å². The third-order valence-corrected chi connectivity index (χ3v) is 6.27. The van der Waals surface area contributed by atoms with Gasteiger partial charge in [0.25, 0.3) is 5.91 Å². The van der Waals surface area contributed by atoms with E-state index in [1.165, 1.54) is 17.5 Å². The van der Waals surface area contributed by atoms with E-state index >= 15 is 0 Å². The number of amides is 3. The number of urea groups is 1. The van der Waals surface area contributed by atoms with E-state index in [0.29, 0.717) is 16.6 Å². The van der Waals surface area contributed by atoms with Crippen molar-refractivity contribution in [1.82, 2.24) is 25.9 Å². The van der Waals surface area contributed by atoms with Gasteiger partial charge in [0, 0.05) is 38.0 Å². The monoisotopic (exact) mass is 468 g/mol. The number of nitrogens with one attached hydrogen (secondary N) is 3. The van der Waals surface area contributed by atoms with Crippen LogP contribution in [0.3, 0.4) is 0 Å². The predicted octanol–water partition coefficient (Wildman–Crippen LogP) is 3.52. The Labute approximate surface area is 196 Å². The van der Waals surface area contributed by atoms with Crippen molar-refractivity contribution in [1.29, 1.82) is 0 Å². The van der Waals surface area contributed by atoms with Crippen molar-refractivity contribution in [2.45, 2.75) is 38.8 Å². The summed E-state index contributed by atoms with van der Waals surface area (Å²) in [6.07, 6.45) is 3.48. The standard InChI is InChI=1S/C23H28N6O3S/c1-14(2)27-22(31)29(15-5-4-9-25-13-15)23-28-18-7-6-16(12-20(18)33-23)32-17-8-10-26-19(11-17)21(30)24-3/h6-8,10-12,14-15,25H,4-5,9,13H2,1-3H3,(H,24,30)(H,27,31). The zero-order chi connectivity index (χ0) is 23.4. The largest absolute Gasteiger partial charge is 0.457 e. The van der Waals surface area contributed by atoms with E-state index in [4.69, 9.17) is 9.72 Å². The Hall–Kier alpha value is -3.24. The van der Waals surface area contributed by atoms with Crippen molar-refractivity contribution in [2.24, 2.45) is 0 Å². The molecule has 0 spiro atoms. The molecule has 0 radical (unpaired) electrons. The fourth-order valence-electron chi connectivity index (χ4n) is 3.70. The van der Waals surface area contributed by atoms with E-state index in [1.807, 2.05) is 32.0 Å². The number of ether oxygens (including phenoxy) is 1. The van der Waals surface area contributed by atoms with Crippen molar-refractivity contribution in [3.63, 3.8) is 0 Å². The maximum Gasteiger partial charge on any atom is 0.324 e. The van der Waals surface area contributed by atoms with E-state index in [-0.39, 0.29) is 29.7 Å². The first-order valence-corrected chi connectivity index (χ1v) is 11.8. The zero-order valence-electron chi connectivity index (χ0n) is 18.9. The van der Waals surface area contributed by atoms with Crippen LogP contribution in [0.15, 0.2) is 36.5 Å². The molecule has 1 aliphatic heterocycles. The molecule has 1 unspecified atom stereocenters. The number of pyridine rings is 1. The van der Waals surface area contributed by atoms with Gasteiger partial charge in [0.05, 0.1) is 16.3 Å². The predicted molar refractivity (Wildman–Crippen MR) is 129 cm³/mol. The van der Waals surface area contributed by atoms with Gasteiger partial charge >= 0.3 is 6.03 Å². The highest BCUT2D eigenvalue weighted by Gasteiger charge is 2.29. The number of rotatable bonds is 6. The number of benzene rings is 1. The minimum atomic E-state index is -0.278. The van der Waals surface area contributed by atoms with Crippen molar-refractivity contribution in [3.8, 4) is 11.5 Å². The first-order valence-electron chi connectivity index (χ1n) is 11.0. The second-order valence-electron chi connectivity index (χ2n) is 8.16. The minimum Gasteiger partial charge on any atom is -0.457 e. The number of hydrogen-bond donors (Lipinski definition) is 3. The molecular weight excluding hydrogens is 440 g/mol. The van der Waals surface area contributed by atoms with E-state index in [0.717, 1.165) is 36.1 Å². The highest BCUT2D eigenvalue weighted by molar-refractivity contribution is 7.22. The summed E-state index contributed by atoms with van der Waals surface area (Å²) in [6.45, 7) is 5.61. The summed E-state index contributed by atoms with van der Waals surface area (Å²) in [7, 11) is 1.56. The SMILES string of the molecule is CNC(=O)c1cc(Oc2ccc3nc(N(C(=O)NC(C)C)C4CCCNC4)sc3c2)ccn1. The molecule has 1 aliphatic rings. The van der Waals surface area contributed by atoms with Crippen molar-refractivity contribution < 1.29 is 14.3 Å². The normalized spacial score (nSPS) is 15.9. The average Bonchev–Trinajstić information content (AvgIpc) is 3.21. The maximum absolute atomic E-state index is 13.0. The Morgan fingerprint density at radius 3 is 2.79 bits per heavy atom. The fraction of sp³-hybridized carbons (Fsp3) is 0.391. The number of anilines is 1. The molecule has 0 saturated carbocycles. The second-order valence-corrected chi connectivity index (χ2v) is 9.17. The molecule has 1 aromatic carbocycles. The molecule has 3 heterocycles. The first kappa shape index (κ1) is 22.9. The second kappa shape index (κ2) is 10.1. The fourth-order valence-corrected chi connectivity index (χ4v) is 4.77. The minimum absolute atomic E-state index is 0.0333. The van der Waals surface area contributed by atoms with E-state index < -0.39 is 0 Å². The molecule has 2 aromatic heterocycles. The van der Waals surface area contributed by atoms with Crippen LogP contribution in [0.4, 0.5) is 9.93 Å². The zero-order valence-corrected chi connectivity index (χ0v) is 19.7. The van der Waals surface area contributed by atoms with Crippen molar-refractivity contribution in [2.75, 3.05) is 25.0 Å². The van der Waals surface area contributed by atoms with Crippen LogP contribution < -0.4 is 25.6 Å². The summed E-state index contributed by atoms with van der Waals surface area (Å²) < 4.78 is 6.88. The molecule has 3 amide bonds. The molecule has 9 nitrogen and oxygen atoms in total. The summed E-state index contributed by atoms with van der Waals surface area (Å²) >= 11 is 1.46. The number of carbonyl (C=O) groups excluding carboxylic acids is 2. The Bertz CT molecular complexity index is 1140. The maximum atomic E-state index is 13.0. The van der Waals surface area contributed by atoms with Gasteiger partial charge in [0.15, 0.2) is 5.13 Å². The number of fused-ring (bicyclic) bond motifs is 1. The van der Waals surface area contributed by atoms with E-state index in [9.17, 15) is 9.59 Å². The van der Waals surface area contributed by atoms with Gasteiger partial charge in [-0.3, -0.25) is 14.7 Å². The van der Waals surface area contributed by atoms with Crippen molar-refractivity contribution >= 4 is 38.6 Å². The quantitative estimate of drug-likeness (QED) is 0.511. The van der Waals surface area contributed by atoms with E-state index in [1.54, 1.807) is 24.1 Å². The van der Waals surface area contributed by atoms with Gasteiger partial charge in [0.2, 0.25) is 0 Å². The van der Waals surface area contributed by atoms with E-state index in [2.05, 4.69) is 20.9 Å². The first-order chi connectivity index (χ1) is 15.9. The lowest BCUT2D eigenvalue weighted by molar-refractivity contribution is 0.0958. The molecule has 3 aromatic rings. The molecule has 1 fully saturated rings. The van der Waals surface area contributed by atoms with Gasteiger partial charge in [-0.1, -0.05) is 11.3 Å². The summed E-state index contributed by atoms with van der Waals surface area (Å²) in [5.74, 6) is 0.850. The van der Waals surface area contributed by atoms with Crippen LogP contribution in [0.2, 0.25) is 0 Å². The Balaban J connectivity index is 1.60. The topological polar surface area (TPSA) is 108 Å². The molecule has 3 N–H and O–H groups in total. The van der Waals surface area contributed by atoms with Gasteiger partial charge < -0.3 is 20.7 Å². The van der Waals surface area contributed by atoms with Crippen LogP contribution in [0.1, 0.15) is 37.2 Å². The molecule has 0 aliphatic carbocycles. The van der Waals surface area contributed by atoms with Crippen LogP contribution in [0.5, 0.6) is 11.5 Å². The Kier molecular flexibility index (Phi) is 7.05. The molecule has 10 heteroatoms. The van der Waals surface area contributed by atoms with Gasteiger partial charge in [-0.15, -0.1) is 0 Å². The molecule has 1 atom stereocenters. The molecule has 33 heavy (non-hydrogen) atoms.